The minimum absolute atomic E-state index is 0.0721. The van der Waals surface area contributed by atoms with Crippen LogP contribution in [0.15, 0.2) is 30.6 Å². The molecule has 0 unspecified atom stereocenters. The molecule has 1 aromatic heterocycles. The van der Waals surface area contributed by atoms with Crippen LogP contribution in [0.4, 0.5) is 4.39 Å². The van der Waals surface area contributed by atoms with Gasteiger partial charge in [0.25, 0.3) is 0 Å². The minimum atomic E-state index is -0.269. The third-order valence-electron chi connectivity index (χ3n) is 3.16. The summed E-state index contributed by atoms with van der Waals surface area (Å²) in [5.74, 6) is 0.357. The minimum Gasteiger partial charge on any atom is -0.493 e. The van der Waals surface area contributed by atoms with E-state index in [0.717, 1.165) is 17.5 Å². The summed E-state index contributed by atoms with van der Waals surface area (Å²) in [6.45, 7) is 6.79. The summed E-state index contributed by atoms with van der Waals surface area (Å²) < 4.78 is 20.9. The van der Waals surface area contributed by atoms with Crippen LogP contribution in [0.1, 0.15) is 31.9 Å². The molecule has 108 valence electrons. The van der Waals surface area contributed by atoms with Crippen LogP contribution in [0.5, 0.6) is 5.75 Å². The molecule has 3 nitrogen and oxygen atoms in total. The predicted molar refractivity (Wildman–Crippen MR) is 77.5 cm³/mol. The van der Waals surface area contributed by atoms with Crippen molar-refractivity contribution in [3.8, 4) is 5.75 Å². The van der Waals surface area contributed by atoms with E-state index in [1.807, 2.05) is 19.4 Å². The van der Waals surface area contributed by atoms with Gasteiger partial charge < -0.3 is 4.74 Å². The maximum Gasteiger partial charge on any atom is 0.126 e. The number of nitrogens with zero attached hydrogens (tertiary/aromatic N) is 2. The second-order valence-electron chi connectivity index (χ2n) is 6.01. The topological polar surface area (TPSA) is 27.1 Å². The van der Waals surface area contributed by atoms with Crippen LogP contribution >= 0.6 is 0 Å². The molecular formula is C16H21FN2O. The third-order valence-corrected chi connectivity index (χ3v) is 3.16. The maximum absolute atomic E-state index is 13.4. The highest BCUT2D eigenvalue weighted by molar-refractivity contribution is 5.38. The van der Waals surface area contributed by atoms with Gasteiger partial charge >= 0.3 is 0 Å². The van der Waals surface area contributed by atoms with Crippen molar-refractivity contribution in [1.82, 2.24) is 9.78 Å². The summed E-state index contributed by atoms with van der Waals surface area (Å²) in [4.78, 5) is 0. The zero-order chi connectivity index (χ0) is 14.8. The normalized spacial score (nSPS) is 11.7. The third kappa shape index (κ3) is 3.59. The molecular weight excluding hydrogens is 255 g/mol. The lowest BCUT2D eigenvalue weighted by Crippen LogP contribution is -2.14. The van der Waals surface area contributed by atoms with Crippen LogP contribution in [0.3, 0.4) is 0 Å². The fourth-order valence-corrected chi connectivity index (χ4v) is 2.12. The molecule has 0 saturated heterocycles. The molecule has 0 atom stereocenters. The Bertz CT molecular complexity index is 584. The van der Waals surface area contributed by atoms with Crippen LogP contribution in [0, 0.1) is 5.82 Å². The van der Waals surface area contributed by atoms with E-state index in [1.165, 1.54) is 12.1 Å². The van der Waals surface area contributed by atoms with Crippen molar-refractivity contribution in [2.45, 2.75) is 32.6 Å². The van der Waals surface area contributed by atoms with Crippen LogP contribution in [-0.2, 0) is 18.9 Å². The van der Waals surface area contributed by atoms with Crippen molar-refractivity contribution in [2.75, 3.05) is 6.61 Å². The Morgan fingerprint density at radius 1 is 1.30 bits per heavy atom. The molecule has 2 aromatic rings. The fourth-order valence-electron chi connectivity index (χ4n) is 2.12. The van der Waals surface area contributed by atoms with Gasteiger partial charge in [0.1, 0.15) is 11.6 Å². The van der Waals surface area contributed by atoms with E-state index in [-0.39, 0.29) is 11.2 Å². The second kappa shape index (κ2) is 5.65. The summed E-state index contributed by atoms with van der Waals surface area (Å²) in [5, 5.41) is 4.11. The number of aromatic nitrogens is 2. The number of aryl methyl sites for hydroxylation is 1. The SMILES string of the molecule is Cn1cc(CCOc2cc(F)ccc2C(C)(C)C)cn1. The number of halogens is 1. The predicted octanol–water partition coefficient (Wildman–Crippen LogP) is 3.48. The molecule has 0 amide bonds. The summed E-state index contributed by atoms with van der Waals surface area (Å²) >= 11 is 0. The number of rotatable bonds is 4. The van der Waals surface area contributed by atoms with E-state index < -0.39 is 0 Å². The Labute approximate surface area is 119 Å². The van der Waals surface area contributed by atoms with Gasteiger partial charge in [-0.3, -0.25) is 4.68 Å². The quantitative estimate of drug-likeness (QED) is 0.855. The second-order valence-corrected chi connectivity index (χ2v) is 6.01. The molecule has 0 spiro atoms. The van der Waals surface area contributed by atoms with E-state index >= 15 is 0 Å². The van der Waals surface area contributed by atoms with E-state index in [0.29, 0.717) is 12.4 Å². The zero-order valence-electron chi connectivity index (χ0n) is 12.5. The van der Waals surface area contributed by atoms with Crippen LogP contribution in [-0.4, -0.2) is 16.4 Å². The molecule has 0 N–H and O–H groups in total. The lowest BCUT2D eigenvalue weighted by molar-refractivity contribution is 0.311. The first kappa shape index (κ1) is 14.6. The number of ether oxygens (including phenoxy) is 1. The molecule has 4 heteroatoms. The molecule has 1 aromatic carbocycles. The van der Waals surface area contributed by atoms with Crippen molar-refractivity contribution in [1.29, 1.82) is 0 Å². The lowest BCUT2D eigenvalue weighted by Gasteiger charge is -2.22. The Balaban J connectivity index is 2.06. The van der Waals surface area contributed by atoms with Gasteiger partial charge in [-0.05, 0) is 22.6 Å². The molecule has 0 radical (unpaired) electrons. The molecule has 2 rings (SSSR count). The number of hydrogen-bond acceptors (Lipinski definition) is 2. The van der Waals surface area contributed by atoms with Crippen molar-refractivity contribution in [3.05, 3.63) is 47.5 Å². The molecule has 0 aliphatic carbocycles. The molecule has 0 aliphatic heterocycles. The molecule has 20 heavy (non-hydrogen) atoms. The first-order chi connectivity index (χ1) is 9.36. The summed E-state index contributed by atoms with van der Waals surface area (Å²) in [5.41, 5.74) is 2.06. The van der Waals surface area contributed by atoms with Gasteiger partial charge in [-0.2, -0.15) is 5.10 Å². The zero-order valence-corrected chi connectivity index (χ0v) is 12.5. The van der Waals surface area contributed by atoms with Crippen LogP contribution < -0.4 is 4.74 Å². The van der Waals surface area contributed by atoms with E-state index in [2.05, 4.69) is 25.9 Å². The van der Waals surface area contributed by atoms with E-state index in [9.17, 15) is 4.39 Å². The Morgan fingerprint density at radius 2 is 2.05 bits per heavy atom. The summed E-state index contributed by atoms with van der Waals surface area (Å²) in [6, 6.07) is 4.74. The van der Waals surface area contributed by atoms with Gasteiger partial charge in [-0.15, -0.1) is 0 Å². The smallest absolute Gasteiger partial charge is 0.126 e. The highest BCUT2D eigenvalue weighted by Gasteiger charge is 2.19. The Kier molecular flexibility index (Phi) is 4.12. The molecule has 0 aliphatic rings. The summed E-state index contributed by atoms with van der Waals surface area (Å²) in [6.07, 6.45) is 4.53. The monoisotopic (exact) mass is 276 g/mol. The molecule has 0 fully saturated rings. The maximum atomic E-state index is 13.4. The highest BCUT2D eigenvalue weighted by Crippen LogP contribution is 2.31. The Morgan fingerprint density at radius 3 is 2.65 bits per heavy atom. The van der Waals surface area contributed by atoms with E-state index in [1.54, 1.807) is 10.7 Å². The first-order valence-corrected chi connectivity index (χ1v) is 6.76. The van der Waals surface area contributed by atoms with Crippen molar-refractivity contribution in [2.24, 2.45) is 7.05 Å². The first-order valence-electron chi connectivity index (χ1n) is 6.76. The molecule has 0 saturated carbocycles. The van der Waals surface area contributed by atoms with Gasteiger partial charge in [0, 0.05) is 25.7 Å². The highest BCUT2D eigenvalue weighted by atomic mass is 19.1. The van der Waals surface area contributed by atoms with Gasteiger partial charge in [0.15, 0.2) is 0 Å². The van der Waals surface area contributed by atoms with E-state index in [4.69, 9.17) is 4.74 Å². The van der Waals surface area contributed by atoms with Gasteiger partial charge in [-0.1, -0.05) is 26.8 Å². The molecule has 0 bridgehead atoms. The fraction of sp³-hybridized carbons (Fsp3) is 0.438. The number of benzene rings is 1. The average Bonchev–Trinajstić information content (AvgIpc) is 2.73. The van der Waals surface area contributed by atoms with Crippen molar-refractivity contribution < 1.29 is 9.13 Å². The van der Waals surface area contributed by atoms with Crippen LogP contribution in [0.2, 0.25) is 0 Å². The van der Waals surface area contributed by atoms with Crippen molar-refractivity contribution >= 4 is 0 Å². The van der Waals surface area contributed by atoms with Gasteiger partial charge in [0.2, 0.25) is 0 Å². The van der Waals surface area contributed by atoms with Crippen LogP contribution in [0.25, 0.3) is 0 Å². The molecule has 1 heterocycles. The average molecular weight is 276 g/mol. The summed E-state index contributed by atoms with van der Waals surface area (Å²) in [7, 11) is 1.88. The Hall–Kier alpha value is -1.84. The lowest BCUT2D eigenvalue weighted by atomic mass is 9.86. The van der Waals surface area contributed by atoms with Crippen molar-refractivity contribution in [3.63, 3.8) is 0 Å². The standard InChI is InChI=1S/C16H21FN2O/c1-16(2,3)14-6-5-13(17)9-15(14)20-8-7-12-10-18-19(4)11-12/h5-6,9-11H,7-8H2,1-4H3. The largest absolute Gasteiger partial charge is 0.493 e. The van der Waals surface area contributed by atoms with Gasteiger partial charge in [0.05, 0.1) is 12.8 Å². The number of hydrogen-bond donors (Lipinski definition) is 0. The van der Waals surface area contributed by atoms with Gasteiger partial charge in [-0.25, -0.2) is 4.39 Å².